The summed E-state index contributed by atoms with van der Waals surface area (Å²) < 4.78 is 12.8. The summed E-state index contributed by atoms with van der Waals surface area (Å²) >= 11 is 0. The van der Waals surface area contributed by atoms with Crippen LogP contribution in [0.2, 0.25) is 0 Å². The molecular formula is C15H21FN2O. The van der Waals surface area contributed by atoms with Crippen LogP contribution < -0.4 is 5.73 Å². The van der Waals surface area contributed by atoms with Crippen molar-refractivity contribution in [2.75, 3.05) is 13.1 Å². The molecule has 1 aromatic rings. The second kappa shape index (κ2) is 6.66. The van der Waals surface area contributed by atoms with E-state index >= 15 is 0 Å². The minimum Gasteiger partial charge on any atom is -0.338 e. The summed E-state index contributed by atoms with van der Waals surface area (Å²) in [7, 11) is 0. The van der Waals surface area contributed by atoms with E-state index in [2.05, 4.69) is 0 Å². The Bertz CT molecular complexity index is 413. The van der Waals surface area contributed by atoms with Crippen molar-refractivity contribution in [3.63, 3.8) is 0 Å². The molecule has 2 rings (SSSR count). The lowest BCUT2D eigenvalue weighted by atomic mass is 10.1. The van der Waals surface area contributed by atoms with Gasteiger partial charge in [0.15, 0.2) is 0 Å². The van der Waals surface area contributed by atoms with E-state index in [0.717, 1.165) is 18.4 Å². The molecule has 104 valence electrons. The van der Waals surface area contributed by atoms with Crippen molar-refractivity contribution in [3.05, 3.63) is 35.6 Å². The first-order chi connectivity index (χ1) is 9.20. The van der Waals surface area contributed by atoms with E-state index in [1.807, 2.05) is 4.90 Å². The van der Waals surface area contributed by atoms with Gasteiger partial charge < -0.3 is 10.6 Å². The van der Waals surface area contributed by atoms with Crippen molar-refractivity contribution in [2.24, 2.45) is 5.73 Å². The van der Waals surface area contributed by atoms with E-state index in [9.17, 15) is 9.18 Å². The summed E-state index contributed by atoms with van der Waals surface area (Å²) in [5.41, 5.74) is 6.46. The first kappa shape index (κ1) is 14.0. The Balaban J connectivity index is 2.00. The van der Waals surface area contributed by atoms with Crippen molar-refractivity contribution >= 4 is 5.91 Å². The standard InChI is InChI=1S/C15H21FN2O/c16-13-7-5-12(6-8-13)11-15(19)18(10-9-17)14-3-1-2-4-14/h5-8,14H,1-4,9-11,17H2. The topological polar surface area (TPSA) is 46.3 Å². The molecule has 19 heavy (non-hydrogen) atoms. The van der Waals surface area contributed by atoms with Crippen molar-refractivity contribution in [1.29, 1.82) is 0 Å². The number of nitrogens with zero attached hydrogens (tertiary/aromatic N) is 1. The van der Waals surface area contributed by atoms with E-state index in [1.54, 1.807) is 12.1 Å². The number of amides is 1. The van der Waals surface area contributed by atoms with E-state index in [0.29, 0.717) is 25.6 Å². The number of rotatable bonds is 5. The summed E-state index contributed by atoms with van der Waals surface area (Å²) in [5.74, 6) is -0.172. The molecule has 0 bridgehead atoms. The predicted octanol–water partition coefficient (Wildman–Crippen LogP) is 2.10. The van der Waals surface area contributed by atoms with Gasteiger partial charge in [0, 0.05) is 19.1 Å². The zero-order chi connectivity index (χ0) is 13.7. The molecule has 2 N–H and O–H groups in total. The Morgan fingerprint density at radius 1 is 1.26 bits per heavy atom. The normalized spacial score (nSPS) is 15.7. The summed E-state index contributed by atoms with van der Waals surface area (Å²) in [6.45, 7) is 1.11. The molecule has 1 fully saturated rings. The van der Waals surface area contributed by atoms with Gasteiger partial charge in [0.2, 0.25) is 5.91 Å². The van der Waals surface area contributed by atoms with Crippen LogP contribution in [-0.2, 0) is 11.2 Å². The van der Waals surface area contributed by atoms with Gasteiger partial charge in [0.05, 0.1) is 6.42 Å². The number of hydrogen-bond acceptors (Lipinski definition) is 2. The van der Waals surface area contributed by atoms with Crippen LogP contribution in [0, 0.1) is 5.82 Å². The quantitative estimate of drug-likeness (QED) is 0.885. The molecule has 4 heteroatoms. The van der Waals surface area contributed by atoms with Gasteiger partial charge in [0.1, 0.15) is 5.82 Å². The highest BCUT2D eigenvalue weighted by atomic mass is 19.1. The Morgan fingerprint density at radius 2 is 1.89 bits per heavy atom. The minimum atomic E-state index is -0.272. The van der Waals surface area contributed by atoms with Crippen LogP contribution in [0.5, 0.6) is 0 Å². The van der Waals surface area contributed by atoms with Crippen molar-refractivity contribution < 1.29 is 9.18 Å². The fourth-order valence-electron chi connectivity index (χ4n) is 2.74. The Labute approximate surface area is 113 Å². The third-order valence-electron chi connectivity index (χ3n) is 3.72. The maximum atomic E-state index is 12.8. The average molecular weight is 264 g/mol. The molecule has 3 nitrogen and oxygen atoms in total. The van der Waals surface area contributed by atoms with Gasteiger partial charge in [-0.2, -0.15) is 0 Å². The fourth-order valence-corrected chi connectivity index (χ4v) is 2.74. The summed E-state index contributed by atoms with van der Waals surface area (Å²) in [6, 6.07) is 6.47. The third kappa shape index (κ3) is 3.77. The van der Waals surface area contributed by atoms with Crippen LogP contribution in [0.1, 0.15) is 31.2 Å². The van der Waals surface area contributed by atoms with Crippen molar-refractivity contribution in [3.8, 4) is 0 Å². The summed E-state index contributed by atoms with van der Waals surface area (Å²) in [5, 5.41) is 0. The van der Waals surface area contributed by atoms with Crippen molar-refractivity contribution in [2.45, 2.75) is 38.1 Å². The van der Waals surface area contributed by atoms with Crippen LogP contribution in [0.25, 0.3) is 0 Å². The maximum absolute atomic E-state index is 12.8. The highest BCUT2D eigenvalue weighted by molar-refractivity contribution is 5.79. The smallest absolute Gasteiger partial charge is 0.227 e. The Morgan fingerprint density at radius 3 is 2.47 bits per heavy atom. The van der Waals surface area contributed by atoms with Crippen LogP contribution in [0.15, 0.2) is 24.3 Å². The molecule has 0 spiro atoms. The Hall–Kier alpha value is -1.42. The molecular weight excluding hydrogens is 243 g/mol. The third-order valence-corrected chi connectivity index (χ3v) is 3.72. The van der Waals surface area contributed by atoms with Gasteiger partial charge in [0.25, 0.3) is 0 Å². The largest absolute Gasteiger partial charge is 0.338 e. The molecule has 0 heterocycles. The maximum Gasteiger partial charge on any atom is 0.227 e. The molecule has 0 aliphatic heterocycles. The van der Waals surface area contributed by atoms with Gasteiger partial charge in [-0.25, -0.2) is 4.39 Å². The number of hydrogen-bond donors (Lipinski definition) is 1. The zero-order valence-corrected chi connectivity index (χ0v) is 11.1. The lowest BCUT2D eigenvalue weighted by molar-refractivity contribution is -0.132. The Kier molecular flexibility index (Phi) is 4.91. The first-order valence-corrected chi connectivity index (χ1v) is 6.94. The van der Waals surface area contributed by atoms with Crippen molar-refractivity contribution in [1.82, 2.24) is 4.90 Å². The van der Waals surface area contributed by atoms with Crippen LogP contribution in [-0.4, -0.2) is 29.9 Å². The predicted molar refractivity (Wildman–Crippen MR) is 73.1 cm³/mol. The fraction of sp³-hybridized carbons (Fsp3) is 0.533. The molecule has 1 aromatic carbocycles. The first-order valence-electron chi connectivity index (χ1n) is 6.94. The molecule has 1 aliphatic carbocycles. The monoisotopic (exact) mass is 264 g/mol. The summed E-state index contributed by atoms with van der Waals surface area (Å²) in [6.07, 6.45) is 4.87. The van der Waals surface area contributed by atoms with E-state index in [4.69, 9.17) is 5.73 Å². The number of carbonyl (C=O) groups excluding carboxylic acids is 1. The van der Waals surface area contributed by atoms with Gasteiger partial charge in [-0.15, -0.1) is 0 Å². The van der Waals surface area contributed by atoms with Gasteiger partial charge in [-0.05, 0) is 30.5 Å². The molecule has 0 atom stereocenters. The van der Waals surface area contributed by atoms with Gasteiger partial charge in [-0.3, -0.25) is 4.79 Å². The van der Waals surface area contributed by atoms with Crippen LogP contribution in [0.4, 0.5) is 4.39 Å². The average Bonchev–Trinajstić information content (AvgIpc) is 2.92. The number of benzene rings is 1. The van der Waals surface area contributed by atoms with E-state index in [1.165, 1.54) is 25.0 Å². The molecule has 1 saturated carbocycles. The van der Waals surface area contributed by atoms with E-state index < -0.39 is 0 Å². The molecule has 1 amide bonds. The summed E-state index contributed by atoms with van der Waals surface area (Å²) in [4.78, 5) is 14.3. The molecule has 0 radical (unpaired) electrons. The molecule has 0 saturated heterocycles. The van der Waals surface area contributed by atoms with E-state index in [-0.39, 0.29) is 11.7 Å². The SMILES string of the molecule is NCCN(C(=O)Cc1ccc(F)cc1)C1CCCC1. The molecule has 0 unspecified atom stereocenters. The lowest BCUT2D eigenvalue weighted by Crippen LogP contribution is -2.42. The van der Waals surface area contributed by atoms with Gasteiger partial charge in [-0.1, -0.05) is 25.0 Å². The number of halogens is 1. The number of carbonyl (C=O) groups is 1. The molecule has 1 aliphatic rings. The minimum absolute atomic E-state index is 0.101. The van der Waals surface area contributed by atoms with Gasteiger partial charge >= 0.3 is 0 Å². The van der Waals surface area contributed by atoms with Crippen LogP contribution in [0.3, 0.4) is 0 Å². The second-order valence-corrected chi connectivity index (χ2v) is 5.12. The second-order valence-electron chi connectivity index (χ2n) is 5.12. The number of nitrogens with two attached hydrogens (primary N) is 1. The lowest BCUT2D eigenvalue weighted by Gasteiger charge is -2.28. The zero-order valence-electron chi connectivity index (χ0n) is 11.1. The highest BCUT2D eigenvalue weighted by Crippen LogP contribution is 2.23. The van der Waals surface area contributed by atoms with Crippen LogP contribution >= 0.6 is 0 Å². The molecule has 0 aromatic heterocycles. The highest BCUT2D eigenvalue weighted by Gasteiger charge is 2.25.